The SMILES string of the molecule is O=S(=O)(NCC(O)c1ccccc1F)c1ccc(F)c(F)c1. The number of hydrogen-bond donors (Lipinski definition) is 2. The summed E-state index contributed by atoms with van der Waals surface area (Å²) in [5, 5.41) is 9.81. The number of sulfonamides is 1. The molecule has 0 spiro atoms. The average Bonchev–Trinajstić information content (AvgIpc) is 2.48. The lowest BCUT2D eigenvalue weighted by Crippen LogP contribution is -2.29. The van der Waals surface area contributed by atoms with Crippen LogP contribution in [0.15, 0.2) is 47.4 Å². The first kappa shape index (κ1) is 16.5. The Labute approximate surface area is 125 Å². The third kappa shape index (κ3) is 3.65. The Morgan fingerprint density at radius 2 is 1.68 bits per heavy atom. The molecule has 2 rings (SSSR count). The van der Waals surface area contributed by atoms with Gasteiger partial charge in [-0.1, -0.05) is 18.2 Å². The molecule has 2 N–H and O–H groups in total. The molecule has 0 radical (unpaired) electrons. The molecule has 0 aliphatic carbocycles. The van der Waals surface area contributed by atoms with Crippen molar-refractivity contribution in [2.75, 3.05) is 6.54 Å². The van der Waals surface area contributed by atoms with Crippen LogP contribution in [0.3, 0.4) is 0 Å². The van der Waals surface area contributed by atoms with Crippen molar-refractivity contribution in [2.24, 2.45) is 0 Å². The molecular weight excluding hydrogens is 319 g/mol. The van der Waals surface area contributed by atoms with Gasteiger partial charge in [-0.25, -0.2) is 26.3 Å². The lowest BCUT2D eigenvalue weighted by molar-refractivity contribution is 0.177. The summed E-state index contributed by atoms with van der Waals surface area (Å²) in [7, 11) is -4.15. The van der Waals surface area contributed by atoms with Crippen molar-refractivity contribution in [3.8, 4) is 0 Å². The zero-order valence-corrected chi connectivity index (χ0v) is 11.9. The van der Waals surface area contributed by atoms with Crippen LogP contribution in [0, 0.1) is 17.5 Å². The van der Waals surface area contributed by atoms with Gasteiger partial charge in [0.15, 0.2) is 11.6 Å². The highest BCUT2D eigenvalue weighted by atomic mass is 32.2. The van der Waals surface area contributed by atoms with Crippen molar-refractivity contribution in [3.05, 3.63) is 65.5 Å². The van der Waals surface area contributed by atoms with Crippen LogP contribution in [0.1, 0.15) is 11.7 Å². The van der Waals surface area contributed by atoms with Gasteiger partial charge in [0, 0.05) is 12.1 Å². The molecule has 118 valence electrons. The lowest BCUT2D eigenvalue weighted by atomic mass is 10.1. The van der Waals surface area contributed by atoms with Crippen molar-refractivity contribution in [1.29, 1.82) is 0 Å². The summed E-state index contributed by atoms with van der Waals surface area (Å²) in [6, 6.07) is 7.44. The highest BCUT2D eigenvalue weighted by molar-refractivity contribution is 7.89. The number of aliphatic hydroxyl groups is 1. The van der Waals surface area contributed by atoms with Crippen molar-refractivity contribution in [2.45, 2.75) is 11.0 Å². The predicted molar refractivity (Wildman–Crippen MR) is 72.9 cm³/mol. The van der Waals surface area contributed by atoms with Crippen molar-refractivity contribution in [1.82, 2.24) is 4.72 Å². The van der Waals surface area contributed by atoms with Crippen molar-refractivity contribution < 1.29 is 26.7 Å². The van der Waals surface area contributed by atoms with Gasteiger partial charge in [0.05, 0.1) is 11.0 Å². The highest BCUT2D eigenvalue weighted by Crippen LogP contribution is 2.18. The Kier molecular flexibility index (Phi) is 4.84. The van der Waals surface area contributed by atoms with E-state index in [0.717, 1.165) is 12.1 Å². The molecular formula is C14H12F3NO3S. The fraction of sp³-hybridized carbons (Fsp3) is 0.143. The van der Waals surface area contributed by atoms with Gasteiger partial charge in [-0.2, -0.15) is 0 Å². The van der Waals surface area contributed by atoms with Crippen LogP contribution in [-0.2, 0) is 10.0 Å². The summed E-state index contributed by atoms with van der Waals surface area (Å²) in [6.45, 7) is -0.512. The molecule has 0 saturated carbocycles. The van der Waals surface area contributed by atoms with Crippen molar-refractivity contribution in [3.63, 3.8) is 0 Å². The Morgan fingerprint density at radius 3 is 2.32 bits per heavy atom. The van der Waals surface area contributed by atoms with Crippen molar-refractivity contribution >= 4 is 10.0 Å². The normalized spacial score (nSPS) is 13.1. The monoisotopic (exact) mass is 331 g/mol. The van der Waals surface area contributed by atoms with Crippen LogP contribution < -0.4 is 4.72 Å². The Hall–Kier alpha value is -1.90. The van der Waals surface area contributed by atoms with Crippen LogP contribution in [0.25, 0.3) is 0 Å². The van der Waals surface area contributed by atoms with Gasteiger partial charge in [0.1, 0.15) is 5.82 Å². The summed E-state index contributed by atoms with van der Waals surface area (Å²) in [5.41, 5.74) is -0.0736. The highest BCUT2D eigenvalue weighted by Gasteiger charge is 2.19. The minimum atomic E-state index is -4.15. The smallest absolute Gasteiger partial charge is 0.240 e. The number of rotatable bonds is 5. The molecule has 0 amide bonds. The Morgan fingerprint density at radius 1 is 1.00 bits per heavy atom. The average molecular weight is 331 g/mol. The molecule has 0 saturated heterocycles. The predicted octanol–water partition coefficient (Wildman–Crippen LogP) is 2.12. The minimum Gasteiger partial charge on any atom is -0.387 e. The fourth-order valence-corrected chi connectivity index (χ4v) is 2.82. The van der Waals surface area contributed by atoms with E-state index in [4.69, 9.17) is 0 Å². The number of hydrogen-bond acceptors (Lipinski definition) is 3. The Balaban J connectivity index is 2.13. The number of halogens is 3. The molecule has 0 aliphatic rings. The van der Waals surface area contributed by atoms with E-state index in [0.29, 0.717) is 12.1 Å². The maximum Gasteiger partial charge on any atom is 0.240 e. The van der Waals surface area contributed by atoms with E-state index in [1.165, 1.54) is 18.2 Å². The van der Waals surface area contributed by atoms with E-state index in [1.807, 2.05) is 4.72 Å². The minimum absolute atomic E-state index is 0.0736. The molecule has 1 atom stereocenters. The second-order valence-electron chi connectivity index (χ2n) is 4.47. The molecule has 22 heavy (non-hydrogen) atoms. The lowest BCUT2D eigenvalue weighted by Gasteiger charge is -2.13. The van der Waals surface area contributed by atoms with E-state index in [2.05, 4.69) is 0 Å². The van der Waals surface area contributed by atoms with Gasteiger partial charge >= 0.3 is 0 Å². The summed E-state index contributed by atoms with van der Waals surface area (Å²) < 4.78 is 65.1. The first-order valence-electron chi connectivity index (χ1n) is 6.18. The third-order valence-corrected chi connectivity index (χ3v) is 4.35. The molecule has 0 fully saturated rings. The second kappa shape index (κ2) is 6.47. The molecule has 0 aliphatic heterocycles. The standard InChI is InChI=1S/C14H12F3NO3S/c15-11-4-2-1-3-10(11)14(19)8-18-22(20,21)9-5-6-12(16)13(17)7-9/h1-7,14,18-19H,8H2. The summed E-state index contributed by atoms with van der Waals surface area (Å²) in [5.74, 6) is -3.16. The molecule has 8 heteroatoms. The number of nitrogens with one attached hydrogen (secondary N) is 1. The van der Waals surface area contributed by atoms with Crippen LogP contribution in [-0.4, -0.2) is 20.1 Å². The first-order chi connectivity index (χ1) is 10.3. The maximum atomic E-state index is 13.5. The third-order valence-electron chi connectivity index (χ3n) is 2.93. The van der Waals surface area contributed by atoms with E-state index in [1.54, 1.807) is 0 Å². The second-order valence-corrected chi connectivity index (χ2v) is 6.23. The maximum absolute atomic E-state index is 13.5. The van der Waals surface area contributed by atoms with Gasteiger partial charge in [-0.05, 0) is 24.3 Å². The van der Waals surface area contributed by atoms with E-state index < -0.39 is 45.0 Å². The van der Waals surface area contributed by atoms with Gasteiger partial charge in [-0.3, -0.25) is 0 Å². The van der Waals surface area contributed by atoms with Crippen LogP contribution in [0.4, 0.5) is 13.2 Å². The largest absolute Gasteiger partial charge is 0.387 e. The van der Waals surface area contributed by atoms with Crippen LogP contribution >= 0.6 is 0 Å². The summed E-state index contributed by atoms with van der Waals surface area (Å²) >= 11 is 0. The molecule has 4 nitrogen and oxygen atoms in total. The van der Waals surface area contributed by atoms with E-state index in [9.17, 15) is 26.7 Å². The number of benzene rings is 2. The summed E-state index contributed by atoms with van der Waals surface area (Å²) in [4.78, 5) is -0.493. The van der Waals surface area contributed by atoms with Gasteiger partial charge in [0.25, 0.3) is 0 Å². The first-order valence-corrected chi connectivity index (χ1v) is 7.67. The molecule has 2 aromatic carbocycles. The quantitative estimate of drug-likeness (QED) is 0.882. The fourth-order valence-electron chi connectivity index (χ4n) is 1.77. The Bertz CT molecular complexity index is 781. The molecule has 0 aromatic heterocycles. The summed E-state index contributed by atoms with van der Waals surface area (Å²) in [6.07, 6.45) is -1.42. The zero-order valence-electron chi connectivity index (χ0n) is 11.1. The van der Waals surface area contributed by atoms with E-state index >= 15 is 0 Å². The van der Waals surface area contributed by atoms with Gasteiger partial charge in [0.2, 0.25) is 10.0 Å². The van der Waals surface area contributed by atoms with Crippen LogP contribution in [0.5, 0.6) is 0 Å². The molecule has 0 heterocycles. The van der Waals surface area contributed by atoms with Gasteiger partial charge < -0.3 is 5.11 Å². The van der Waals surface area contributed by atoms with E-state index in [-0.39, 0.29) is 5.56 Å². The number of aliphatic hydroxyl groups excluding tert-OH is 1. The molecule has 1 unspecified atom stereocenters. The van der Waals surface area contributed by atoms with Gasteiger partial charge in [-0.15, -0.1) is 0 Å². The molecule has 2 aromatic rings. The zero-order chi connectivity index (χ0) is 16.3. The molecule has 0 bridgehead atoms. The van der Waals surface area contributed by atoms with Crippen LogP contribution in [0.2, 0.25) is 0 Å². The topological polar surface area (TPSA) is 66.4 Å².